The number of hydrogen-bond donors (Lipinski definition) is 0. The summed E-state index contributed by atoms with van der Waals surface area (Å²) in [5.41, 5.74) is 0. The standard InChI is InChI=1S/C6H12BrNO2/c1-3-4-5-6(2,7)8(9)10/h3-5H2,1-2H3. The van der Waals surface area contributed by atoms with E-state index in [1.54, 1.807) is 6.92 Å². The number of unbranched alkanes of at least 4 members (excludes halogenated alkanes) is 1. The Hall–Kier alpha value is -0.120. The summed E-state index contributed by atoms with van der Waals surface area (Å²) in [5, 5.41) is 10.3. The highest BCUT2D eigenvalue weighted by atomic mass is 79.9. The van der Waals surface area contributed by atoms with Crippen LogP contribution in [0.15, 0.2) is 0 Å². The summed E-state index contributed by atoms with van der Waals surface area (Å²) in [6, 6.07) is 0. The van der Waals surface area contributed by atoms with Gasteiger partial charge >= 0.3 is 0 Å². The maximum atomic E-state index is 10.3. The molecule has 0 aromatic rings. The van der Waals surface area contributed by atoms with E-state index in [4.69, 9.17) is 0 Å². The second kappa shape index (κ2) is 3.91. The van der Waals surface area contributed by atoms with Crippen LogP contribution in [0.3, 0.4) is 0 Å². The molecule has 0 rings (SSSR count). The first kappa shape index (κ1) is 9.88. The van der Waals surface area contributed by atoms with Crippen molar-refractivity contribution in [3.8, 4) is 0 Å². The normalized spacial score (nSPS) is 16.3. The third kappa shape index (κ3) is 3.15. The Morgan fingerprint density at radius 3 is 2.50 bits per heavy atom. The van der Waals surface area contributed by atoms with Crippen molar-refractivity contribution in [3.63, 3.8) is 0 Å². The molecule has 10 heavy (non-hydrogen) atoms. The van der Waals surface area contributed by atoms with E-state index in [9.17, 15) is 10.1 Å². The van der Waals surface area contributed by atoms with Gasteiger partial charge in [0.25, 0.3) is 4.45 Å². The minimum absolute atomic E-state index is 0.289. The molecule has 4 heteroatoms. The van der Waals surface area contributed by atoms with Gasteiger partial charge in [0.05, 0.1) is 0 Å². The van der Waals surface area contributed by atoms with E-state index in [2.05, 4.69) is 15.9 Å². The quantitative estimate of drug-likeness (QED) is 0.309. The molecule has 0 saturated carbocycles. The van der Waals surface area contributed by atoms with Crippen LogP contribution in [-0.2, 0) is 0 Å². The number of hydrogen-bond acceptors (Lipinski definition) is 2. The highest BCUT2D eigenvalue weighted by molar-refractivity contribution is 9.10. The summed E-state index contributed by atoms with van der Waals surface area (Å²) >= 11 is 3.05. The first-order chi connectivity index (χ1) is 4.50. The van der Waals surface area contributed by atoms with Gasteiger partial charge in [0.2, 0.25) is 0 Å². The van der Waals surface area contributed by atoms with E-state index >= 15 is 0 Å². The van der Waals surface area contributed by atoms with Crippen LogP contribution in [0.25, 0.3) is 0 Å². The molecule has 0 heterocycles. The topological polar surface area (TPSA) is 43.1 Å². The molecule has 0 aliphatic rings. The maximum Gasteiger partial charge on any atom is 0.271 e. The predicted octanol–water partition coefficient (Wildman–Crippen LogP) is 2.56. The highest BCUT2D eigenvalue weighted by Gasteiger charge is 2.31. The van der Waals surface area contributed by atoms with Crippen LogP contribution < -0.4 is 0 Å². The first-order valence-corrected chi connectivity index (χ1v) is 4.13. The summed E-state index contributed by atoms with van der Waals surface area (Å²) < 4.78 is -0.914. The molecule has 1 unspecified atom stereocenters. The van der Waals surface area contributed by atoms with Crippen molar-refractivity contribution in [2.45, 2.75) is 37.6 Å². The SMILES string of the molecule is CCCCC(C)(Br)[N+](=O)[O-]. The van der Waals surface area contributed by atoms with Gasteiger partial charge in [0, 0.05) is 18.3 Å². The number of halogens is 1. The highest BCUT2D eigenvalue weighted by Crippen LogP contribution is 2.24. The molecule has 0 spiro atoms. The second-order valence-corrected chi connectivity index (χ2v) is 4.21. The van der Waals surface area contributed by atoms with Gasteiger partial charge in [0.15, 0.2) is 0 Å². The van der Waals surface area contributed by atoms with Crippen molar-refractivity contribution in [2.24, 2.45) is 0 Å². The average molecular weight is 210 g/mol. The van der Waals surface area contributed by atoms with Crippen molar-refractivity contribution in [2.75, 3.05) is 0 Å². The molecule has 0 bridgehead atoms. The minimum atomic E-state index is -0.914. The molecule has 0 aromatic heterocycles. The Morgan fingerprint density at radius 1 is 1.70 bits per heavy atom. The van der Waals surface area contributed by atoms with Crippen LogP contribution in [0.2, 0.25) is 0 Å². The molecule has 1 atom stereocenters. The van der Waals surface area contributed by atoms with Crippen LogP contribution in [0.5, 0.6) is 0 Å². The molecule has 0 N–H and O–H groups in total. The van der Waals surface area contributed by atoms with Crippen LogP contribution in [0.4, 0.5) is 0 Å². The number of rotatable bonds is 4. The monoisotopic (exact) mass is 209 g/mol. The third-order valence-corrected chi connectivity index (χ3v) is 2.05. The van der Waals surface area contributed by atoms with Crippen molar-refractivity contribution >= 4 is 15.9 Å². The largest absolute Gasteiger partial charge is 0.271 e. The Labute approximate surface area is 69.1 Å². The molecule has 0 aliphatic heterocycles. The van der Waals surface area contributed by atoms with E-state index < -0.39 is 4.45 Å². The van der Waals surface area contributed by atoms with Gasteiger partial charge in [-0.05, 0) is 22.4 Å². The Morgan fingerprint density at radius 2 is 2.20 bits per heavy atom. The van der Waals surface area contributed by atoms with Gasteiger partial charge in [-0.1, -0.05) is 13.3 Å². The second-order valence-electron chi connectivity index (χ2n) is 2.50. The molecule has 0 aromatic carbocycles. The molecule has 0 radical (unpaired) electrons. The van der Waals surface area contributed by atoms with Crippen LogP contribution in [0, 0.1) is 10.1 Å². The fourth-order valence-corrected chi connectivity index (χ4v) is 0.871. The third-order valence-electron chi connectivity index (χ3n) is 1.37. The van der Waals surface area contributed by atoms with Gasteiger partial charge in [0.1, 0.15) is 0 Å². The lowest BCUT2D eigenvalue weighted by atomic mass is 10.1. The Balaban J connectivity index is 3.75. The molecular weight excluding hydrogens is 198 g/mol. The van der Waals surface area contributed by atoms with Gasteiger partial charge in [-0.15, -0.1) is 0 Å². The lowest BCUT2D eigenvalue weighted by Crippen LogP contribution is -2.26. The van der Waals surface area contributed by atoms with Crippen LogP contribution in [-0.4, -0.2) is 9.37 Å². The summed E-state index contributed by atoms with van der Waals surface area (Å²) in [6.07, 6.45) is 2.48. The average Bonchev–Trinajstić information content (AvgIpc) is 1.84. The first-order valence-electron chi connectivity index (χ1n) is 3.34. The zero-order valence-electron chi connectivity index (χ0n) is 6.26. The van der Waals surface area contributed by atoms with E-state index in [1.165, 1.54) is 0 Å². The summed E-state index contributed by atoms with van der Waals surface area (Å²) in [5.74, 6) is 0. The van der Waals surface area contributed by atoms with Crippen LogP contribution >= 0.6 is 15.9 Å². The fraction of sp³-hybridized carbons (Fsp3) is 1.00. The zero-order chi connectivity index (χ0) is 8.20. The molecule has 0 saturated heterocycles. The summed E-state index contributed by atoms with van der Waals surface area (Å²) in [6.45, 7) is 3.60. The van der Waals surface area contributed by atoms with Gasteiger partial charge in [-0.3, -0.25) is 10.1 Å². The Kier molecular flexibility index (Phi) is 3.86. The van der Waals surface area contributed by atoms with Gasteiger partial charge in [-0.2, -0.15) is 0 Å². The molecule has 3 nitrogen and oxygen atoms in total. The number of alkyl halides is 1. The predicted molar refractivity (Wildman–Crippen MR) is 43.9 cm³/mol. The number of nitrogens with zero attached hydrogens (tertiary/aromatic N) is 1. The molecular formula is C6H12BrNO2. The molecule has 0 amide bonds. The maximum absolute atomic E-state index is 10.3. The summed E-state index contributed by atoms with van der Waals surface area (Å²) in [7, 11) is 0. The van der Waals surface area contributed by atoms with Crippen molar-refractivity contribution in [1.82, 2.24) is 0 Å². The van der Waals surface area contributed by atoms with Crippen LogP contribution in [0.1, 0.15) is 33.1 Å². The molecule has 0 fully saturated rings. The molecule has 0 aliphatic carbocycles. The lowest BCUT2D eigenvalue weighted by molar-refractivity contribution is -0.531. The van der Waals surface area contributed by atoms with E-state index in [0.717, 1.165) is 12.8 Å². The van der Waals surface area contributed by atoms with Gasteiger partial charge < -0.3 is 0 Å². The smallest absolute Gasteiger partial charge is 0.263 e. The Bertz CT molecular complexity index is 125. The fourth-order valence-electron chi connectivity index (χ4n) is 0.591. The minimum Gasteiger partial charge on any atom is -0.263 e. The van der Waals surface area contributed by atoms with E-state index in [0.29, 0.717) is 6.42 Å². The zero-order valence-corrected chi connectivity index (χ0v) is 7.85. The lowest BCUT2D eigenvalue weighted by Gasteiger charge is -2.11. The van der Waals surface area contributed by atoms with E-state index in [-0.39, 0.29) is 4.92 Å². The summed E-state index contributed by atoms with van der Waals surface area (Å²) in [4.78, 5) is 10.00. The molecule has 60 valence electrons. The van der Waals surface area contributed by atoms with Crippen molar-refractivity contribution in [1.29, 1.82) is 0 Å². The number of nitro groups is 1. The van der Waals surface area contributed by atoms with E-state index in [1.807, 2.05) is 6.92 Å². The van der Waals surface area contributed by atoms with Gasteiger partial charge in [-0.25, -0.2) is 0 Å². The van der Waals surface area contributed by atoms with Crippen molar-refractivity contribution in [3.05, 3.63) is 10.1 Å². The van der Waals surface area contributed by atoms with Crippen molar-refractivity contribution < 1.29 is 4.92 Å².